The highest BCUT2D eigenvalue weighted by Crippen LogP contribution is 2.19. The Morgan fingerprint density at radius 3 is 3.11 bits per heavy atom. The molecule has 144 valence electrons. The minimum Gasteiger partial charge on any atom is -0.478 e. The lowest BCUT2D eigenvalue weighted by Crippen LogP contribution is -2.36. The molecule has 1 amide bonds. The van der Waals surface area contributed by atoms with Gasteiger partial charge in [0.25, 0.3) is 5.91 Å². The third-order valence-electron chi connectivity index (χ3n) is 4.98. The van der Waals surface area contributed by atoms with Gasteiger partial charge in [-0.3, -0.25) is 9.89 Å². The van der Waals surface area contributed by atoms with Gasteiger partial charge < -0.3 is 19.9 Å². The molecule has 0 saturated carbocycles. The Bertz CT molecular complexity index is 807. The second-order valence-corrected chi connectivity index (χ2v) is 6.72. The van der Waals surface area contributed by atoms with Crippen LogP contribution in [-0.4, -0.2) is 70.3 Å². The molecule has 0 spiro atoms. The first-order valence-electron chi connectivity index (χ1n) is 9.53. The first-order chi connectivity index (χ1) is 13.3. The van der Waals surface area contributed by atoms with E-state index < -0.39 is 0 Å². The summed E-state index contributed by atoms with van der Waals surface area (Å²) in [7, 11) is 0. The number of aromatic nitrogens is 4. The molecule has 0 bridgehead atoms. The summed E-state index contributed by atoms with van der Waals surface area (Å²) in [6.45, 7) is 6.94. The summed E-state index contributed by atoms with van der Waals surface area (Å²) in [6, 6.07) is 1.76. The van der Waals surface area contributed by atoms with Crippen LogP contribution in [0, 0.1) is 0 Å². The molecular formula is C18H25N7O2. The highest BCUT2D eigenvalue weighted by Gasteiger charge is 2.27. The van der Waals surface area contributed by atoms with Crippen molar-refractivity contribution >= 4 is 11.9 Å². The predicted molar refractivity (Wildman–Crippen MR) is 99.9 cm³/mol. The third-order valence-corrected chi connectivity index (χ3v) is 4.98. The highest BCUT2D eigenvalue weighted by molar-refractivity contribution is 5.94. The molecule has 2 aromatic heterocycles. The first kappa shape index (κ1) is 17.7. The smallest absolute Gasteiger partial charge is 0.274 e. The maximum Gasteiger partial charge on any atom is 0.274 e. The third kappa shape index (κ3) is 3.73. The molecule has 4 rings (SSSR count). The molecule has 1 saturated heterocycles. The van der Waals surface area contributed by atoms with Crippen LogP contribution in [0.25, 0.3) is 0 Å². The summed E-state index contributed by atoms with van der Waals surface area (Å²) in [5.41, 5.74) is 2.65. The second kappa shape index (κ2) is 7.91. The van der Waals surface area contributed by atoms with Crippen molar-refractivity contribution in [3.05, 3.63) is 29.2 Å². The van der Waals surface area contributed by atoms with Crippen molar-refractivity contribution < 1.29 is 9.53 Å². The molecule has 2 N–H and O–H groups in total. The summed E-state index contributed by atoms with van der Waals surface area (Å²) in [5.74, 6) is 1.23. The Balaban J connectivity index is 1.45. The monoisotopic (exact) mass is 371 g/mol. The zero-order valence-corrected chi connectivity index (χ0v) is 15.6. The lowest BCUT2D eigenvalue weighted by molar-refractivity contribution is 0.0759. The minimum absolute atomic E-state index is 0.00188. The fourth-order valence-corrected chi connectivity index (χ4v) is 3.59. The normalized spacial score (nSPS) is 17.4. The van der Waals surface area contributed by atoms with Gasteiger partial charge in [0.1, 0.15) is 0 Å². The van der Waals surface area contributed by atoms with Crippen LogP contribution in [0.3, 0.4) is 0 Å². The first-order valence-corrected chi connectivity index (χ1v) is 9.53. The Morgan fingerprint density at radius 1 is 1.30 bits per heavy atom. The number of rotatable bonds is 4. The highest BCUT2D eigenvalue weighted by atomic mass is 16.5. The maximum atomic E-state index is 13.0. The number of hydrogen-bond donors (Lipinski definition) is 2. The van der Waals surface area contributed by atoms with Gasteiger partial charge in [-0.15, -0.1) is 0 Å². The van der Waals surface area contributed by atoms with Crippen LogP contribution in [-0.2, 0) is 13.0 Å². The van der Waals surface area contributed by atoms with Gasteiger partial charge in [-0.05, 0) is 13.3 Å². The lowest BCUT2D eigenvalue weighted by atomic mass is 10.1. The Hall–Kier alpha value is -2.68. The van der Waals surface area contributed by atoms with Gasteiger partial charge in [0.15, 0.2) is 5.69 Å². The van der Waals surface area contributed by atoms with Crippen LogP contribution >= 0.6 is 0 Å². The lowest BCUT2D eigenvalue weighted by Gasteiger charge is -2.22. The molecule has 2 aliphatic rings. The predicted octanol–water partition coefficient (Wildman–Crippen LogP) is 0.597. The van der Waals surface area contributed by atoms with Crippen molar-refractivity contribution in [2.24, 2.45) is 0 Å². The average molecular weight is 371 g/mol. The van der Waals surface area contributed by atoms with E-state index in [-0.39, 0.29) is 5.91 Å². The summed E-state index contributed by atoms with van der Waals surface area (Å²) in [5, 5.41) is 10.6. The van der Waals surface area contributed by atoms with Gasteiger partial charge in [0.05, 0.1) is 6.61 Å². The minimum atomic E-state index is 0.00188. The number of amides is 1. The van der Waals surface area contributed by atoms with E-state index in [1.54, 1.807) is 12.3 Å². The SMILES string of the molecule is CCOc1ccnc(N2CCCN(C(=O)c3n[nH]c4c3CNCC4)CC2)n1. The van der Waals surface area contributed by atoms with Gasteiger partial charge in [-0.1, -0.05) is 0 Å². The van der Waals surface area contributed by atoms with Gasteiger partial charge in [0, 0.05) is 69.2 Å². The molecule has 9 nitrogen and oxygen atoms in total. The van der Waals surface area contributed by atoms with Gasteiger partial charge in [-0.25, -0.2) is 4.98 Å². The fraction of sp³-hybridized carbons (Fsp3) is 0.556. The molecule has 0 radical (unpaired) electrons. The Kier molecular flexibility index (Phi) is 5.19. The van der Waals surface area contributed by atoms with E-state index in [0.717, 1.165) is 37.2 Å². The van der Waals surface area contributed by atoms with E-state index in [4.69, 9.17) is 4.74 Å². The molecule has 4 heterocycles. The molecule has 1 fully saturated rings. The number of nitrogens with one attached hydrogen (secondary N) is 2. The molecule has 27 heavy (non-hydrogen) atoms. The molecule has 0 aliphatic carbocycles. The number of aromatic amines is 1. The van der Waals surface area contributed by atoms with Gasteiger partial charge in [-0.2, -0.15) is 10.1 Å². The largest absolute Gasteiger partial charge is 0.478 e. The second-order valence-electron chi connectivity index (χ2n) is 6.72. The van der Waals surface area contributed by atoms with E-state index in [1.807, 2.05) is 11.8 Å². The zero-order chi connectivity index (χ0) is 18.6. The molecule has 2 aliphatic heterocycles. The van der Waals surface area contributed by atoms with Crippen LogP contribution in [0.5, 0.6) is 5.88 Å². The topological polar surface area (TPSA) is 99.3 Å². The Labute approximate surface area is 158 Å². The number of H-pyrrole nitrogens is 1. The van der Waals surface area contributed by atoms with Crippen molar-refractivity contribution in [2.45, 2.75) is 26.3 Å². The molecule has 0 unspecified atom stereocenters. The summed E-state index contributed by atoms with van der Waals surface area (Å²) in [4.78, 5) is 25.8. The van der Waals surface area contributed by atoms with Crippen LogP contribution in [0.4, 0.5) is 5.95 Å². The van der Waals surface area contributed by atoms with Gasteiger partial charge >= 0.3 is 0 Å². The fourth-order valence-electron chi connectivity index (χ4n) is 3.59. The average Bonchev–Trinajstić information content (AvgIpc) is 2.97. The molecule has 9 heteroatoms. The van der Waals surface area contributed by atoms with E-state index in [2.05, 4.69) is 30.4 Å². The van der Waals surface area contributed by atoms with Crippen LogP contribution in [0.1, 0.15) is 35.1 Å². The van der Waals surface area contributed by atoms with Crippen LogP contribution in [0.2, 0.25) is 0 Å². The van der Waals surface area contributed by atoms with Gasteiger partial charge in [0.2, 0.25) is 11.8 Å². The van der Waals surface area contributed by atoms with Crippen molar-refractivity contribution in [3.8, 4) is 5.88 Å². The maximum absolute atomic E-state index is 13.0. The number of hydrogen-bond acceptors (Lipinski definition) is 7. The van der Waals surface area contributed by atoms with Crippen molar-refractivity contribution in [2.75, 3.05) is 44.2 Å². The molecule has 0 aromatic carbocycles. The number of anilines is 1. The summed E-state index contributed by atoms with van der Waals surface area (Å²) >= 11 is 0. The van der Waals surface area contributed by atoms with Crippen LogP contribution < -0.4 is 15.0 Å². The van der Waals surface area contributed by atoms with E-state index >= 15 is 0 Å². The number of carbonyl (C=O) groups is 1. The number of fused-ring (bicyclic) bond motifs is 1. The van der Waals surface area contributed by atoms with Crippen molar-refractivity contribution in [3.63, 3.8) is 0 Å². The standard InChI is InChI=1S/C18H25N7O2/c1-2-27-15-5-7-20-18(21-15)25-9-3-8-24(10-11-25)17(26)16-13-12-19-6-4-14(13)22-23-16/h5,7,19H,2-4,6,8-12H2,1H3,(H,22,23). The molecule has 2 aromatic rings. The Morgan fingerprint density at radius 2 is 2.22 bits per heavy atom. The van der Waals surface area contributed by atoms with Crippen molar-refractivity contribution in [1.82, 2.24) is 30.4 Å². The summed E-state index contributed by atoms with van der Waals surface area (Å²) in [6.07, 6.45) is 3.46. The van der Waals surface area contributed by atoms with E-state index in [9.17, 15) is 4.79 Å². The quantitative estimate of drug-likeness (QED) is 0.812. The number of carbonyl (C=O) groups excluding carboxylic acids is 1. The zero-order valence-electron chi connectivity index (χ0n) is 15.6. The number of ether oxygens (including phenoxy) is 1. The molecule has 0 atom stereocenters. The van der Waals surface area contributed by atoms with E-state index in [0.29, 0.717) is 50.3 Å². The molecular weight excluding hydrogens is 346 g/mol. The summed E-state index contributed by atoms with van der Waals surface area (Å²) < 4.78 is 5.47. The number of nitrogens with zero attached hydrogens (tertiary/aromatic N) is 5. The van der Waals surface area contributed by atoms with Crippen LogP contribution in [0.15, 0.2) is 12.3 Å². The van der Waals surface area contributed by atoms with Crippen molar-refractivity contribution in [1.29, 1.82) is 0 Å². The van der Waals surface area contributed by atoms with E-state index in [1.165, 1.54) is 0 Å².